The normalized spacial score (nSPS) is 10.7. The summed E-state index contributed by atoms with van der Waals surface area (Å²) >= 11 is 1.56. The van der Waals surface area contributed by atoms with Gasteiger partial charge in [0.25, 0.3) is 0 Å². The monoisotopic (exact) mass is 302 g/mol. The third kappa shape index (κ3) is 2.71. The average Bonchev–Trinajstić information content (AvgIpc) is 3.11. The molecule has 0 aliphatic heterocycles. The van der Waals surface area contributed by atoms with Crippen LogP contribution in [0.5, 0.6) is 0 Å². The molecular weight excluding hydrogens is 291 g/mol. The molecule has 1 aromatic carbocycles. The largest absolute Gasteiger partial charge is 0.478 e. The molecule has 1 N–H and O–H groups in total. The predicted molar refractivity (Wildman–Crippen MR) is 78.0 cm³/mol. The van der Waals surface area contributed by atoms with Crippen LogP contribution in [0.2, 0.25) is 0 Å². The smallest absolute Gasteiger partial charge is 0.335 e. The zero-order valence-electron chi connectivity index (χ0n) is 10.9. The molecule has 0 fully saturated rings. The van der Waals surface area contributed by atoms with Crippen molar-refractivity contribution < 1.29 is 14.3 Å². The molecule has 0 atom stereocenters. The fraction of sp³-hybridized carbons (Fsp3) is 0.0667. The quantitative estimate of drug-likeness (QED) is 0.802. The Kier molecular flexibility index (Phi) is 3.53. The highest BCUT2D eigenvalue weighted by atomic mass is 32.1. The van der Waals surface area contributed by atoms with E-state index in [9.17, 15) is 9.18 Å². The average molecular weight is 302 g/mol. The zero-order chi connectivity index (χ0) is 14.8. The molecule has 3 aromatic rings. The van der Waals surface area contributed by atoms with E-state index in [1.165, 1.54) is 12.1 Å². The van der Waals surface area contributed by atoms with Gasteiger partial charge in [-0.05, 0) is 23.6 Å². The third-order valence-electron chi connectivity index (χ3n) is 3.10. The van der Waals surface area contributed by atoms with Crippen molar-refractivity contribution in [2.75, 3.05) is 0 Å². The van der Waals surface area contributed by atoms with E-state index in [1.807, 2.05) is 22.1 Å². The highest BCUT2D eigenvalue weighted by Gasteiger charge is 2.11. The van der Waals surface area contributed by atoms with Gasteiger partial charge < -0.3 is 9.67 Å². The molecule has 4 nitrogen and oxygen atoms in total. The first-order chi connectivity index (χ1) is 10.1. The van der Waals surface area contributed by atoms with Gasteiger partial charge in [0, 0.05) is 18.0 Å². The lowest BCUT2D eigenvalue weighted by Gasteiger charge is -2.08. The summed E-state index contributed by atoms with van der Waals surface area (Å²) in [5.41, 5.74) is 0.371. The second-order valence-corrected chi connectivity index (χ2v) is 5.42. The third-order valence-corrected chi connectivity index (χ3v) is 3.96. The van der Waals surface area contributed by atoms with Gasteiger partial charge >= 0.3 is 5.97 Å². The van der Waals surface area contributed by atoms with E-state index in [2.05, 4.69) is 4.98 Å². The van der Waals surface area contributed by atoms with Crippen molar-refractivity contribution in [3.05, 3.63) is 65.0 Å². The molecule has 21 heavy (non-hydrogen) atoms. The number of aromatic carboxylic acids is 1. The topological polar surface area (TPSA) is 55.1 Å². The molecule has 3 rings (SSSR count). The Morgan fingerprint density at radius 3 is 2.90 bits per heavy atom. The molecule has 0 aliphatic rings. The summed E-state index contributed by atoms with van der Waals surface area (Å²) in [7, 11) is 0. The molecule has 2 heterocycles. The number of carboxylic acids is 1. The molecule has 0 amide bonds. The molecule has 0 spiro atoms. The number of thiophene rings is 1. The summed E-state index contributed by atoms with van der Waals surface area (Å²) < 4.78 is 15.8. The van der Waals surface area contributed by atoms with Crippen LogP contribution in [0.3, 0.4) is 0 Å². The summed E-state index contributed by atoms with van der Waals surface area (Å²) in [6.07, 6.45) is 3.44. The number of benzene rings is 1. The van der Waals surface area contributed by atoms with Crippen LogP contribution in [0.1, 0.15) is 15.9 Å². The molecule has 0 saturated carbocycles. The van der Waals surface area contributed by atoms with E-state index in [0.29, 0.717) is 12.1 Å². The van der Waals surface area contributed by atoms with E-state index in [1.54, 1.807) is 23.7 Å². The number of rotatable bonds is 4. The van der Waals surface area contributed by atoms with Crippen LogP contribution >= 0.6 is 11.3 Å². The summed E-state index contributed by atoms with van der Waals surface area (Å²) in [5, 5.41) is 10.8. The van der Waals surface area contributed by atoms with Crippen molar-refractivity contribution in [1.29, 1.82) is 0 Å². The standard InChI is InChI=1S/C15H11FN2O2S/c16-12-8-10(15(19)20)3-4-11(12)9-18-6-5-17-14(18)13-2-1-7-21-13/h1-8H,9H2,(H,19,20). The number of hydrogen-bond acceptors (Lipinski definition) is 3. The van der Waals surface area contributed by atoms with Gasteiger partial charge in [0.1, 0.15) is 11.6 Å². The molecule has 6 heteroatoms. The zero-order valence-corrected chi connectivity index (χ0v) is 11.7. The lowest BCUT2D eigenvalue weighted by atomic mass is 10.1. The van der Waals surface area contributed by atoms with Gasteiger partial charge in [0.2, 0.25) is 0 Å². The molecule has 0 saturated heterocycles. The summed E-state index contributed by atoms with van der Waals surface area (Å²) in [4.78, 5) is 16.1. The van der Waals surface area contributed by atoms with Crippen LogP contribution in [-0.2, 0) is 6.54 Å². The van der Waals surface area contributed by atoms with Gasteiger partial charge in [-0.1, -0.05) is 12.1 Å². The van der Waals surface area contributed by atoms with Gasteiger partial charge in [0.05, 0.1) is 17.0 Å². The number of carbonyl (C=O) groups is 1. The summed E-state index contributed by atoms with van der Waals surface area (Å²) in [6.45, 7) is 0.305. The minimum Gasteiger partial charge on any atom is -0.478 e. The Labute approximate surface area is 124 Å². The SMILES string of the molecule is O=C(O)c1ccc(Cn2ccnc2-c2cccs2)c(F)c1. The highest BCUT2D eigenvalue weighted by Crippen LogP contribution is 2.24. The van der Waals surface area contributed by atoms with Crippen LogP contribution in [0.25, 0.3) is 10.7 Å². The Morgan fingerprint density at radius 1 is 1.38 bits per heavy atom. The lowest BCUT2D eigenvalue weighted by molar-refractivity contribution is 0.0696. The maximum Gasteiger partial charge on any atom is 0.335 e. The number of imidazole rings is 1. The first-order valence-corrected chi connectivity index (χ1v) is 7.10. The van der Waals surface area contributed by atoms with Gasteiger partial charge in [-0.15, -0.1) is 11.3 Å². The van der Waals surface area contributed by atoms with Crippen LogP contribution < -0.4 is 0 Å². The van der Waals surface area contributed by atoms with Crippen molar-refractivity contribution >= 4 is 17.3 Å². The van der Waals surface area contributed by atoms with Crippen LogP contribution in [0.4, 0.5) is 4.39 Å². The number of aromatic nitrogens is 2. The number of carboxylic acid groups (broad SMARTS) is 1. The fourth-order valence-corrected chi connectivity index (χ4v) is 2.80. The van der Waals surface area contributed by atoms with Gasteiger partial charge in [-0.2, -0.15) is 0 Å². The van der Waals surface area contributed by atoms with Crippen LogP contribution in [0.15, 0.2) is 48.1 Å². The van der Waals surface area contributed by atoms with Crippen LogP contribution in [-0.4, -0.2) is 20.6 Å². The predicted octanol–water partition coefficient (Wildman–Crippen LogP) is 3.50. The first kappa shape index (κ1) is 13.5. The van der Waals surface area contributed by atoms with Crippen molar-refractivity contribution in [3.8, 4) is 10.7 Å². The maximum atomic E-state index is 14.0. The number of nitrogens with zero attached hydrogens (tertiary/aromatic N) is 2. The Hall–Kier alpha value is -2.47. The Bertz CT molecular complexity index is 781. The molecule has 2 aromatic heterocycles. The minimum atomic E-state index is -1.14. The fourth-order valence-electron chi connectivity index (χ4n) is 2.06. The first-order valence-electron chi connectivity index (χ1n) is 6.22. The van der Waals surface area contributed by atoms with Gasteiger partial charge in [0.15, 0.2) is 0 Å². The molecular formula is C15H11FN2O2S. The molecule has 106 valence electrons. The van der Waals surface area contributed by atoms with Gasteiger partial charge in [-0.3, -0.25) is 0 Å². The molecule has 0 aliphatic carbocycles. The second-order valence-electron chi connectivity index (χ2n) is 4.47. The number of halogens is 1. The lowest BCUT2D eigenvalue weighted by Crippen LogP contribution is -2.04. The number of hydrogen-bond donors (Lipinski definition) is 1. The van der Waals surface area contributed by atoms with Crippen LogP contribution in [0, 0.1) is 5.82 Å². The Balaban J connectivity index is 1.91. The minimum absolute atomic E-state index is 0.0552. The van der Waals surface area contributed by atoms with E-state index in [4.69, 9.17) is 5.11 Å². The maximum absolute atomic E-state index is 14.0. The van der Waals surface area contributed by atoms with E-state index in [0.717, 1.165) is 16.8 Å². The molecule has 0 bridgehead atoms. The van der Waals surface area contributed by atoms with Crippen molar-refractivity contribution in [3.63, 3.8) is 0 Å². The summed E-state index contributed by atoms with van der Waals surface area (Å²) in [6, 6.07) is 7.83. The van der Waals surface area contributed by atoms with Crippen molar-refractivity contribution in [1.82, 2.24) is 9.55 Å². The van der Waals surface area contributed by atoms with E-state index < -0.39 is 11.8 Å². The van der Waals surface area contributed by atoms with Crippen molar-refractivity contribution in [2.24, 2.45) is 0 Å². The summed E-state index contributed by atoms with van der Waals surface area (Å²) in [5.74, 6) is -0.894. The van der Waals surface area contributed by atoms with E-state index >= 15 is 0 Å². The van der Waals surface area contributed by atoms with Crippen molar-refractivity contribution in [2.45, 2.75) is 6.54 Å². The van der Waals surface area contributed by atoms with Gasteiger partial charge in [-0.25, -0.2) is 14.2 Å². The molecule has 0 unspecified atom stereocenters. The highest BCUT2D eigenvalue weighted by molar-refractivity contribution is 7.13. The second kappa shape index (κ2) is 5.49. The molecule has 0 radical (unpaired) electrons. The Morgan fingerprint density at radius 2 is 2.24 bits per heavy atom. The van der Waals surface area contributed by atoms with E-state index in [-0.39, 0.29) is 5.56 Å².